The molecule has 0 spiro atoms. The van der Waals surface area contributed by atoms with Crippen LogP contribution in [0.15, 0.2) is 30.3 Å². The second kappa shape index (κ2) is 3.58. The van der Waals surface area contributed by atoms with E-state index >= 15 is 0 Å². The highest BCUT2D eigenvalue weighted by molar-refractivity contribution is 7.90. The first-order valence-corrected chi connectivity index (χ1v) is 8.22. The summed E-state index contributed by atoms with van der Waals surface area (Å²) in [6, 6.07) is 10.5. The van der Waals surface area contributed by atoms with Crippen LogP contribution in [0.1, 0.15) is 24.3 Å². The molecule has 2 saturated carbocycles. The Labute approximate surface area is 108 Å². The minimum atomic E-state index is -2.94. The second-order valence-electron chi connectivity index (χ2n) is 5.83. The largest absolute Gasteiger partial charge is 0.217 e. The predicted octanol–water partition coefficient (Wildman–Crippen LogP) is 1.82. The molecule has 1 aromatic carbocycles. The molecule has 1 aromatic rings. The Bertz CT molecular complexity index is 553. The van der Waals surface area contributed by atoms with Gasteiger partial charge in [0, 0.05) is 13.1 Å². The maximum atomic E-state index is 12.1. The van der Waals surface area contributed by atoms with Gasteiger partial charge in [-0.05, 0) is 36.2 Å². The molecule has 3 fully saturated rings. The summed E-state index contributed by atoms with van der Waals surface area (Å²) in [6.07, 6.45) is 1.74. The van der Waals surface area contributed by atoms with E-state index in [4.69, 9.17) is 0 Å². The first-order chi connectivity index (χ1) is 8.68. The summed E-state index contributed by atoms with van der Waals surface area (Å²) in [5.74, 6) is 1.75. The van der Waals surface area contributed by atoms with Crippen LogP contribution in [0, 0.1) is 11.8 Å². The van der Waals surface area contributed by atoms with Crippen molar-refractivity contribution >= 4 is 10.0 Å². The van der Waals surface area contributed by atoms with E-state index in [2.05, 4.69) is 24.3 Å². The molecule has 96 valence electrons. The summed E-state index contributed by atoms with van der Waals surface area (Å²) in [5.41, 5.74) is 1.39. The molecular formula is C14H17NO2S. The summed E-state index contributed by atoms with van der Waals surface area (Å²) < 4.78 is 26.0. The van der Waals surface area contributed by atoms with Crippen molar-refractivity contribution < 1.29 is 8.42 Å². The maximum Gasteiger partial charge on any atom is 0.217 e. The van der Waals surface area contributed by atoms with Crippen molar-refractivity contribution in [2.75, 3.05) is 13.1 Å². The van der Waals surface area contributed by atoms with E-state index in [1.807, 2.05) is 6.07 Å². The molecule has 2 aliphatic carbocycles. The van der Waals surface area contributed by atoms with Crippen LogP contribution in [0.5, 0.6) is 0 Å². The minimum Gasteiger partial charge on any atom is -0.212 e. The normalized spacial score (nSPS) is 35.4. The van der Waals surface area contributed by atoms with Crippen LogP contribution in [0.2, 0.25) is 0 Å². The lowest BCUT2D eigenvalue weighted by molar-refractivity contribution is 0.431. The van der Waals surface area contributed by atoms with E-state index < -0.39 is 10.0 Å². The molecule has 3 nitrogen and oxygen atoms in total. The van der Waals surface area contributed by atoms with Gasteiger partial charge in [-0.3, -0.25) is 0 Å². The molecule has 4 heteroatoms. The monoisotopic (exact) mass is 263 g/mol. The fraction of sp³-hybridized carbons (Fsp3) is 0.571. The van der Waals surface area contributed by atoms with Crippen molar-refractivity contribution in [3.8, 4) is 0 Å². The van der Waals surface area contributed by atoms with Crippen molar-refractivity contribution in [2.45, 2.75) is 24.0 Å². The van der Waals surface area contributed by atoms with E-state index in [0.29, 0.717) is 17.8 Å². The standard InChI is InChI=1S/C14H17NO2S/c16-18(17,11-6-7-11)15-8-12-13(9-15)14(12)10-4-2-1-3-5-10/h1-5,11-14H,6-9H2/t12-,13?,14?/m0/s1. The van der Waals surface area contributed by atoms with Crippen LogP contribution in [0.25, 0.3) is 0 Å². The van der Waals surface area contributed by atoms with Crippen LogP contribution >= 0.6 is 0 Å². The summed E-state index contributed by atoms with van der Waals surface area (Å²) in [5, 5.41) is -0.0508. The van der Waals surface area contributed by atoms with Crippen molar-refractivity contribution in [1.82, 2.24) is 4.31 Å². The van der Waals surface area contributed by atoms with E-state index in [0.717, 1.165) is 25.9 Å². The van der Waals surface area contributed by atoms with Crippen LogP contribution < -0.4 is 0 Å². The number of nitrogens with zero attached hydrogens (tertiary/aromatic N) is 1. The molecule has 0 aromatic heterocycles. The zero-order valence-corrected chi connectivity index (χ0v) is 11.0. The fourth-order valence-corrected chi connectivity index (χ4v) is 5.36. The van der Waals surface area contributed by atoms with Gasteiger partial charge in [-0.25, -0.2) is 12.7 Å². The molecule has 3 atom stereocenters. The maximum absolute atomic E-state index is 12.1. The molecule has 0 N–H and O–H groups in total. The first kappa shape index (κ1) is 11.0. The molecule has 1 heterocycles. The van der Waals surface area contributed by atoms with Gasteiger partial charge in [-0.15, -0.1) is 0 Å². The van der Waals surface area contributed by atoms with Crippen LogP contribution in [0.3, 0.4) is 0 Å². The topological polar surface area (TPSA) is 37.4 Å². The number of benzene rings is 1. The van der Waals surface area contributed by atoms with Crippen molar-refractivity contribution in [1.29, 1.82) is 0 Å². The van der Waals surface area contributed by atoms with E-state index in [-0.39, 0.29) is 5.25 Å². The highest BCUT2D eigenvalue weighted by Crippen LogP contribution is 2.59. The summed E-state index contributed by atoms with van der Waals surface area (Å²) >= 11 is 0. The lowest BCUT2D eigenvalue weighted by Crippen LogP contribution is -2.34. The van der Waals surface area contributed by atoms with Crippen molar-refractivity contribution in [3.05, 3.63) is 35.9 Å². The van der Waals surface area contributed by atoms with Gasteiger partial charge in [0.15, 0.2) is 0 Å². The molecule has 0 bridgehead atoms. The second-order valence-corrected chi connectivity index (χ2v) is 8.04. The van der Waals surface area contributed by atoms with Crippen molar-refractivity contribution in [3.63, 3.8) is 0 Å². The SMILES string of the molecule is O=S(=O)(C1CC1)N1CC2C(c3ccccc3)[C@H]2C1. The molecule has 3 aliphatic rings. The Morgan fingerprint density at radius 1 is 1.00 bits per heavy atom. The quantitative estimate of drug-likeness (QED) is 0.834. The zero-order chi connectivity index (χ0) is 12.3. The molecule has 0 amide bonds. The van der Waals surface area contributed by atoms with Gasteiger partial charge in [0.2, 0.25) is 10.0 Å². The smallest absolute Gasteiger partial charge is 0.212 e. The number of fused-ring (bicyclic) bond motifs is 1. The third kappa shape index (κ3) is 1.55. The van der Waals surface area contributed by atoms with Gasteiger partial charge in [0.25, 0.3) is 0 Å². The fourth-order valence-electron chi connectivity index (χ4n) is 3.44. The predicted molar refractivity (Wildman–Crippen MR) is 69.7 cm³/mol. The number of hydrogen-bond donors (Lipinski definition) is 0. The van der Waals surface area contributed by atoms with Crippen molar-refractivity contribution in [2.24, 2.45) is 11.8 Å². The third-order valence-corrected chi connectivity index (χ3v) is 6.98. The number of hydrogen-bond acceptors (Lipinski definition) is 2. The van der Waals surface area contributed by atoms with Gasteiger partial charge in [-0.1, -0.05) is 30.3 Å². The molecule has 18 heavy (non-hydrogen) atoms. The molecule has 4 rings (SSSR count). The molecule has 2 unspecified atom stereocenters. The Balaban J connectivity index is 1.48. The summed E-state index contributed by atoms with van der Waals surface area (Å²) in [4.78, 5) is 0. The molecule has 1 saturated heterocycles. The highest BCUT2D eigenvalue weighted by Gasteiger charge is 2.59. The van der Waals surface area contributed by atoms with E-state index in [1.54, 1.807) is 4.31 Å². The average molecular weight is 263 g/mol. The summed E-state index contributed by atoms with van der Waals surface area (Å²) in [6.45, 7) is 1.51. The molecule has 1 aliphatic heterocycles. The lowest BCUT2D eigenvalue weighted by atomic mass is 10.1. The molecule has 0 radical (unpaired) electrons. The molecular weight excluding hydrogens is 246 g/mol. The number of sulfonamides is 1. The first-order valence-electron chi connectivity index (χ1n) is 6.72. The Morgan fingerprint density at radius 3 is 2.17 bits per heavy atom. The van der Waals surface area contributed by atoms with Crippen LogP contribution in [0.4, 0.5) is 0 Å². The van der Waals surface area contributed by atoms with Gasteiger partial charge in [0.1, 0.15) is 0 Å². The Kier molecular flexibility index (Phi) is 2.19. The highest BCUT2D eigenvalue weighted by atomic mass is 32.2. The number of piperidine rings is 1. The lowest BCUT2D eigenvalue weighted by Gasteiger charge is -2.19. The van der Waals surface area contributed by atoms with Crippen LogP contribution in [-0.2, 0) is 10.0 Å². The third-order valence-electron chi connectivity index (χ3n) is 4.65. The van der Waals surface area contributed by atoms with Gasteiger partial charge in [-0.2, -0.15) is 0 Å². The summed E-state index contributed by atoms with van der Waals surface area (Å²) in [7, 11) is -2.94. The van der Waals surface area contributed by atoms with Gasteiger partial charge >= 0.3 is 0 Å². The van der Waals surface area contributed by atoms with Gasteiger partial charge < -0.3 is 0 Å². The Hall–Kier alpha value is -0.870. The average Bonchev–Trinajstić information content (AvgIpc) is 3.29. The number of rotatable bonds is 3. The van der Waals surface area contributed by atoms with E-state index in [9.17, 15) is 8.42 Å². The van der Waals surface area contributed by atoms with Crippen LogP contribution in [-0.4, -0.2) is 31.1 Å². The van der Waals surface area contributed by atoms with Gasteiger partial charge in [0.05, 0.1) is 5.25 Å². The minimum absolute atomic E-state index is 0.0508. The van der Waals surface area contributed by atoms with E-state index in [1.165, 1.54) is 5.56 Å². The zero-order valence-electron chi connectivity index (χ0n) is 10.2. The Morgan fingerprint density at radius 2 is 1.61 bits per heavy atom.